The summed E-state index contributed by atoms with van der Waals surface area (Å²) in [6, 6.07) is 11.1. The van der Waals surface area contributed by atoms with E-state index in [-0.39, 0.29) is 19.1 Å². The molecule has 1 aliphatic carbocycles. The van der Waals surface area contributed by atoms with Crippen molar-refractivity contribution < 1.29 is 22.9 Å². The van der Waals surface area contributed by atoms with Crippen LogP contribution in [0.5, 0.6) is 5.75 Å². The topological polar surface area (TPSA) is 110 Å². The molecule has 34 heavy (non-hydrogen) atoms. The van der Waals surface area contributed by atoms with E-state index in [0.717, 1.165) is 41.9 Å². The maximum Gasteiger partial charge on any atom is 0.530 e. The van der Waals surface area contributed by atoms with Gasteiger partial charge < -0.3 is 15.2 Å². The fourth-order valence-electron chi connectivity index (χ4n) is 3.73. The fourth-order valence-corrected chi connectivity index (χ4v) is 4.98. The predicted octanol–water partition coefficient (Wildman–Crippen LogP) is 4.86. The van der Waals surface area contributed by atoms with Crippen molar-refractivity contribution >= 4 is 31.1 Å². The van der Waals surface area contributed by atoms with Gasteiger partial charge in [-0.25, -0.2) is 4.57 Å². The Morgan fingerprint density at radius 2 is 1.91 bits per heavy atom. The zero-order chi connectivity index (χ0) is 24.1. The van der Waals surface area contributed by atoms with Crippen LogP contribution in [0.25, 0.3) is 0 Å². The first-order chi connectivity index (χ1) is 16.4. The molecule has 0 atom stereocenters. The first kappa shape index (κ1) is 24.3. The average molecular weight is 487 g/mol. The molecule has 0 aromatic heterocycles. The molecule has 2 aromatic carbocycles. The normalized spacial score (nSPS) is 15.4. The Morgan fingerprint density at radius 3 is 2.56 bits per heavy atom. The van der Waals surface area contributed by atoms with E-state index in [1.165, 1.54) is 0 Å². The number of aliphatic imine (C=N–C) groups is 1. The first-order valence-corrected chi connectivity index (χ1v) is 13.1. The fraction of sp³-hybridized carbons (Fsp3) is 0.417. The lowest BCUT2D eigenvalue weighted by atomic mass is 10.0. The average Bonchev–Trinajstić information content (AvgIpc) is 3.53. The van der Waals surface area contributed by atoms with Crippen LogP contribution in [0.2, 0.25) is 0 Å². The number of carbonyl (C=O) groups excluding carboxylic acids is 1. The van der Waals surface area contributed by atoms with Crippen LogP contribution in [0.3, 0.4) is 0 Å². The largest absolute Gasteiger partial charge is 0.530 e. The summed E-state index contributed by atoms with van der Waals surface area (Å²) in [7, 11) is -3.70. The number of nitrogens with one attached hydrogen (secondary N) is 3. The van der Waals surface area contributed by atoms with E-state index in [2.05, 4.69) is 20.9 Å². The molecule has 0 radical (unpaired) electrons. The SMILES string of the molecule is CCOP(=O)(OCC)Oc1cccc(Nc2ccc(C(=O)NC3=NCCN3)cc2C2CC2)c1C. The van der Waals surface area contributed by atoms with Gasteiger partial charge in [-0.1, -0.05) is 6.07 Å². The van der Waals surface area contributed by atoms with E-state index in [1.807, 2.05) is 31.2 Å². The highest BCUT2D eigenvalue weighted by molar-refractivity contribution is 7.48. The van der Waals surface area contributed by atoms with Crippen molar-refractivity contribution in [3.05, 3.63) is 53.1 Å². The highest BCUT2D eigenvalue weighted by atomic mass is 31.2. The van der Waals surface area contributed by atoms with Crippen LogP contribution >= 0.6 is 7.82 Å². The molecular formula is C24H31N4O5P. The van der Waals surface area contributed by atoms with Gasteiger partial charge in [0.2, 0.25) is 0 Å². The van der Waals surface area contributed by atoms with Gasteiger partial charge in [0.15, 0.2) is 5.96 Å². The predicted molar refractivity (Wildman–Crippen MR) is 132 cm³/mol. The third kappa shape index (κ3) is 5.78. The lowest BCUT2D eigenvalue weighted by molar-refractivity contribution is 0.0976. The third-order valence-electron chi connectivity index (χ3n) is 5.58. The van der Waals surface area contributed by atoms with Crippen molar-refractivity contribution in [1.82, 2.24) is 10.6 Å². The smallest absolute Gasteiger partial charge is 0.404 e. The van der Waals surface area contributed by atoms with Crippen molar-refractivity contribution in [3.63, 3.8) is 0 Å². The zero-order valence-corrected chi connectivity index (χ0v) is 20.6. The van der Waals surface area contributed by atoms with Crippen molar-refractivity contribution in [3.8, 4) is 5.75 Å². The van der Waals surface area contributed by atoms with E-state index in [0.29, 0.717) is 29.7 Å². The van der Waals surface area contributed by atoms with E-state index >= 15 is 0 Å². The minimum atomic E-state index is -3.70. The first-order valence-electron chi connectivity index (χ1n) is 11.6. The number of phosphoric acid groups is 1. The maximum atomic E-state index is 12.8. The quantitative estimate of drug-likeness (QED) is 0.411. The van der Waals surface area contributed by atoms with Crippen LogP contribution in [-0.4, -0.2) is 38.2 Å². The monoisotopic (exact) mass is 486 g/mol. The molecule has 10 heteroatoms. The van der Waals surface area contributed by atoms with E-state index < -0.39 is 7.82 Å². The van der Waals surface area contributed by atoms with E-state index in [1.54, 1.807) is 26.0 Å². The summed E-state index contributed by atoms with van der Waals surface area (Å²) in [5.74, 6) is 1.16. The molecule has 2 aromatic rings. The van der Waals surface area contributed by atoms with Crippen molar-refractivity contribution in [2.24, 2.45) is 4.99 Å². The number of nitrogens with zero attached hydrogens (tertiary/aromatic N) is 1. The molecule has 9 nitrogen and oxygen atoms in total. The van der Waals surface area contributed by atoms with Gasteiger partial charge in [-0.05, 0) is 75.4 Å². The summed E-state index contributed by atoms with van der Waals surface area (Å²) in [5.41, 5.74) is 4.19. The van der Waals surface area contributed by atoms with Gasteiger partial charge >= 0.3 is 7.82 Å². The van der Waals surface area contributed by atoms with Crippen LogP contribution in [0.15, 0.2) is 41.4 Å². The molecule has 2 aliphatic rings. The van der Waals surface area contributed by atoms with Gasteiger partial charge in [0.05, 0.1) is 19.8 Å². The highest BCUT2D eigenvalue weighted by Gasteiger charge is 2.29. The minimum Gasteiger partial charge on any atom is -0.404 e. The van der Waals surface area contributed by atoms with Gasteiger partial charge in [-0.3, -0.25) is 24.2 Å². The number of carbonyl (C=O) groups is 1. The molecule has 3 N–H and O–H groups in total. The molecule has 0 bridgehead atoms. The van der Waals surface area contributed by atoms with E-state index in [4.69, 9.17) is 13.6 Å². The number of hydrogen-bond donors (Lipinski definition) is 3. The summed E-state index contributed by atoms with van der Waals surface area (Å²) in [6.07, 6.45) is 2.17. The molecule has 1 heterocycles. The molecule has 0 saturated heterocycles. The van der Waals surface area contributed by atoms with Crippen LogP contribution in [0.1, 0.15) is 54.1 Å². The van der Waals surface area contributed by atoms with Gasteiger partial charge in [-0.2, -0.15) is 0 Å². The van der Waals surface area contributed by atoms with Gasteiger partial charge in [-0.15, -0.1) is 0 Å². The maximum absolute atomic E-state index is 12.8. The van der Waals surface area contributed by atoms with Crippen LogP contribution in [-0.2, 0) is 13.6 Å². The van der Waals surface area contributed by atoms with E-state index in [9.17, 15) is 9.36 Å². The number of amides is 1. The van der Waals surface area contributed by atoms with Crippen LogP contribution in [0.4, 0.5) is 11.4 Å². The summed E-state index contributed by atoms with van der Waals surface area (Å²) >= 11 is 0. The van der Waals surface area contributed by atoms with Gasteiger partial charge in [0, 0.05) is 29.0 Å². The van der Waals surface area contributed by atoms with Crippen molar-refractivity contribution in [1.29, 1.82) is 0 Å². The second kappa shape index (κ2) is 10.6. The summed E-state index contributed by atoms with van der Waals surface area (Å²) in [6.45, 7) is 7.18. The Balaban J connectivity index is 1.56. The molecule has 0 unspecified atom stereocenters. The Labute approximate surface area is 199 Å². The highest BCUT2D eigenvalue weighted by Crippen LogP contribution is 2.51. The lowest BCUT2D eigenvalue weighted by Gasteiger charge is -2.20. The van der Waals surface area contributed by atoms with Crippen molar-refractivity contribution in [2.75, 3.05) is 31.6 Å². The molecule has 4 rings (SSSR count). The van der Waals surface area contributed by atoms with Gasteiger partial charge in [0.1, 0.15) is 5.75 Å². The summed E-state index contributed by atoms with van der Waals surface area (Å²) in [4.78, 5) is 16.9. The minimum absolute atomic E-state index is 0.184. The molecular weight excluding hydrogens is 455 g/mol. The molecule has 182 valence electrons. The standard InChI is InChI=1S/C24H31N4O5P/c1-4-31-34(30,32-5-2)33-22-8-6-7-20(16(22)3)27-21-12-11-18(15-19(21)17-9-10-17)23(29)28-24-25-13-14-26-24/h6-8,11-12,15,17,27H,4-5,9-10,13-14H2,1-3H3,(H2,25,26,28,29). The molecule has 1 saturated carbocycles. The molecule has 0 spiro atoms. The number of rotatable bonds is 10. The number of guanidine groups is 1. The molecule has 1 fully saturated rings. The Hall–Kier alpha value is -2.87. The number of phosphoric ester groups is 1. The summed E-state index contributed by atoms with van der Waals surface area (Å²) in [5, 5.41) is 9.35. The number of benzene rings is 2. The lowest BCUT2D eigenvalue weighted by Crippen LogP contribution is -2.38. The van der Waals surface area contributed by atoms with Crippen LogP contribution in [0, 0.1) is 6.92 Å². The van der Waals surface area contributed by atoms with Crippen LogP contribution < -0.4 is 20.5 Å². The Bertz CT molecular complexity index is 1120. The number of hydrogen-bond acceptors (Lipinski definition) is 8. The van der Waals surface area contributed by atoms with Crippen molar-refractivity contribution in [2.45, 2.75) is 39.5 Å². The third-order valence-corrected chi connectivity index (χ3v) is 7.14. The molecule has 1 aliphatic heterocycles. The second-order valence-electron chi connectivity index (χ2n) is 8.12. The zero-order valence-electron chi connectivity index (χ0n) is 19.7. The number of anilines is 2. The summed E-state index contributed by atoms with van der Waals surface area (Å²) < 4.78 is 29.1. The second-order valence-corrected chi connectivity index (χ2v) is 9.71. The Morgan fingerprint density at radius 1 is 1.15 bits per heavy atom. The van der Waals surface area contributed by atoms with Gasteiger partial charge in [0.25, 0.3) is 5.91 Å². The molecule has 1 amide bonds. The Kier molecular flexibility index (Phi) is 7.56.